The van der Waals surface area contributed by atoms with Gasteiger partial charge >= 0.3 is 5.51 Å². The van der Waals surface area contributed by atoms with Crippen LogP contribution in [0, 0.1) is 0 Å². The fourth-order valence-electron chi connectivity index (χ4n) is 3.12. The minimum Gasteiger partial charge on any atom is -0.367 e. The summed E-state index contributed by atoms with van der Waals surface area (Å²) in [6.45, 7) is 1.07. The number of anilines is 1. The summed E-state index contributed by atoms with van der Waals surface area (Å²) >= 11 is 0. The molecule has 6 nitrogen and oxygen atoms in total. The molecule has 0 saturated carbocycles. The van der Waals surface area contributed by atoms with Crippen LogP contribution in [0.25, 0.3) is 11.5 Å². The first-order chi connectivity index (χ1) is 13.8. The molecule has 0 amide bonds. The largest absolute Gasteiger partial charge is 0.501 e. The van der Waals surface area contributed by atoms with Gasteiger partial charge in [0.2, 0.25) is 0 Å². The van der Waals surface area contributed by atoms with Gasteiger partial charge in [-0.1, -0.05) is 6.07 Å². The lowest BCUT2D eigenvalue weighted by Crippen LogP contribution is -2.31. The SMILES string of the molecule is O=S(=O)(c1ccc(N2CCc3nc(-c4ccccn4)ncc3C2)cc1)C(F)(F)F. The van der Waals surface area contributed by atoms with E-state index in [-0.39, 0.29) is 0 Å². The van der Waals surface area contributed by atoms with Crippen molar-refractivity contribution in [3.8, 4) is 11.5 Å². The maximum absolute atomic E-state index is 12.7. The van der Waals surface area contributed by atoms with Crippen LogP contribution in [-0.2, 0) is 22.8 Å². The van der Waals surface area contributed by atoms with E-state index in [0.717, 1.165) is 23.4 Å². The molecule has 2 aromatic heterocycles. The molecule has 0 fully saturated rings. The van der Waals surface area contributed by atoms with Gasteiger partial charge in [-0.3, -0.25) is 4.98 Å². The van der Waals surface area contributed by atoms with Gasteiger partial charge in [0.05, 0.1) is 10.6 Å². The number of hydrogen-bond acceptors (Lipinski definition) is 6. The molecule has 1 aliphatic rings. The molecule has 4 rings (SSSR count). The average molecular weight is 420 g/mol. The number of halogens is 3. The summed E-state index contributed by atoms with van der Waals surface area (Å²) in [5, 5.41) is 0. The van der Waals surface area contributed by atoms with Gasteiger partial charge in [0.1, 0.15) is 5.69 Å². The van der Waals surface area contributed by atoms with Gasteiger partial charge in [-0.25, -0.2) is 18.4 Å². The van der Waals surface area contributed by atoms with E-state index in [1.165, 1.54) is 12.1 Å². The molecule has 29 heavy (non-hydrogen) atoms. The molecular weight excluding hydrogens is 405 g/mol. The molecule has 3 aromatic rings. The Morgan fingerprint density at radius 1 is 1.00 bits per heavy atom. The highest BCUT2D eigenvalue weighted by atomic mass is 32.2. The number of alkyl halides is 3. The lowest BCUT2D eigenvalue weighted by molar-refractivity contribution is -0.0436. The first-order valence-corrected chi connectivity index (χ1v) is 10.2. The van der Waals surface area contributed by atoms with Crippen molar-refractivity contribution in [3.05, 3.63) is 66.1 Å². The summed E-state index contributed by atoms with van der Waals surface area (Å²) in [7, 11) is -5.35. The molecule has 150 valence electrons. The van der Waals surface area contributed by atoms with Crippen molar-refractivity contribution in [3.63, 3.8) is 0 Å². The smallest absolute Gasteiger partial charge is 0.367 e. The summed E-state index contributed by atoms with van der Waals surface area (Å²) in [6.07, 6.45) is 4.02. The summed E-state index contributed by atoms with van der Waals surface area (Å²) < 4.78 is 61.0. The van der Waals surface area contributed by atoms with Crippen LogP contribution in [-0.4, -0.2) is 35.4 Å². The zero-order chi connectivity index (χ0) is 20.6. The highest BCUT2D eigenvalue weighted by Gasteiger charge is 2.46. The van der Waals surface area contributed by atoms with Gasteiger partial charge in [0.25, 0.3) is 9.84 Å². The molecule has 3 heterocycles. The van der Waals surface area contributed by atoms with Gasteiger partial charge in [-0.05, 0) is 36.4 Å². The highest BCUT2D eigenvalue weighted by molar-refractivity contribution is 7.92. The van der Waals surface area contributed by atoms with Gasteiger partial charge < -0.3 is 4.90 Å². The summed E-state index contributed by atoms with van der Waals surface area (Å²) in [6, 6.07) is 10.2. The number of benzene rings is 1. The number of sulfone groups is 1. The minimum atomic E-state index is -5.35. The van der Waals surface area contributed by atoms with Crippen LogP contribution >= 0.6 is 0 Å². The van der Waals surface area contributed by atoms with E-state index in [4.69, 9.17) is 0 Å². The van der Waals surface area contributed by atoms with Crippen LogP contribution in [0.3, 0.4) is 0 Å². The molecule has 0 saturated heterocycles. The lowest BCUT2D eigenvalue weighted by atomic mass is 10.1. The molecule has 1 aliphatic heterocycles. The van der Waals surface area contributed by atoms with Crippen LogP contribution in [0.1, 0.15) is 11.3 Å². The van der Waals surface area contributed by atoms with Crippen LogP contribution in [0.15, 0.2) is 59.8 Å². The standard InChI is InChI=1S/C19H15F3N4O2S/c20-19(21,22)29(27,28)15-6-4-14(5-7-15)26-10-8-16-13(12-26)11-24-18(25-16)17-3-1-2-9-23-17/h1-7,9,11H,8,10,12H2. The molecule has 0 aliphatic carbocycles. The topological polar surface area (TPSA) is 76.1 Å². The van der Waals surface area contributed by atoms with Crippen molar-refractivity contribution in [1.82, 2.24) is 15.0 Å². The lowest BCUT2D eigenvalue weighted by Gasteiger charge is -2.30. The molecule has 1 aromatic carbocycles. The fraction of sp³-hybridized carbons (Fsp3) is 0.211. The van der Waals surface area contributed by atoms with E-state index in [1.807, 2.05) is 23.1 Å². The van der Waals surface area contributed by atoms with Gasteiger partial charge in [-0.2, -0.15) is 13.2 Å². The first kappa shape index (κ1) is 19.3. The third-order valence-corrected chi connectivity index (χ3v) is 6.15. The second-order valence-corrected chi connectivity index (χ2v) is 8.44. The minimum absolute atomic E-state index is 0.475. The monoisotopic (exact) mass is 420 g/mol. The third kappa shape index (κ3) is 3.67. The number of rotatable bonds is 3. The second-order valence-electron chi connectivity index (χ2n) is 6.50. The highest BCUT2D eigenvalue weighted by Crippen LogP contribution is 2.32. The van der Waals surface area contributed by atoms with Crippen molar-refractivity contribution >= 4 is 15.5 Å². The predicted molar refractivity (Wildman–Crippen MR) is 99.7 cm³/mol. The molecule has 10 heteroatoms. The predicted octanol–water partition coefficient (Wildman–Crippen LogP) is 3.39. The molecule has 0 unspecified atom stereocenters. The zero-order valence-electron chi connectivity index (χ0n) is 15.0. The Morgan fingerprint density at radius 2 is 1.76 bits per heavy atom. The normalized spacial score (nSPS) is 14.5. The Bertz CT molecular complexity index is 1130. The Balaban J connectivity index is 1.55. The van der Waals surface area contributed by atoms with E-state index in [9.17, 15) is 21.6 Å². The van der Waals surface area contributed by atoms with Crippen LogP contribution in [0.5, 0.6) is 0 Å². The number of fused-ring (bicyclic) bond motifs is 1. The third-order valence-electron chi connectivity index (χ3n) is 4.64. The van der Waals surface area contributed by atoms with Crippen LogP contribution in [0.4, 0.5) is 18.9 Å². The van der Waals surface area contributed by atoms with Gasteiger partial charge in [0.15, 0.2) is 5.82 Å². The van der Waals surface area contributed by atoms with Gasteiger partial charge in [0, 0.05) is 43.2 Å². The zero-order valence-corrected chi connectivity index (χ0v) is 15.8. The Morgan fingerprint density at radius 3 is 2.41 bits per heavy atom. The summed E-state index contributed by atoms with van der Waals surface area (Å²) in [5.74, 6) is 0.541. The quantitative estimate of drug-likeness (QED) is 0.647. The van der Waals surface area contributed by atoms with Crippen LogP contribution < -0.4 is 4.90 Å². The second kappa shape index (κ2) is 7.11. The maximum Gasteiger partial charge on any atom is 0.501 e. The molecule has 0 atom stereocenters. The maximum atomic E-state index is 12.7. The summed E-state index contributed by atoms with van der Waals surface area (Å²) in [5.41, 5.74) is -2.21. The van der Waals surface area contributed by atoms with E-state index in [0.29, 0.717) is 36.7 Å². The molecule has 0 bridgehead atoms. The Labute approximate surface area is 165 Å². The van der Waals surface area contributed by atoms with Crippen LogP contribution in [0.2, 0.25) is 0 Å². The fourth-order valence-corrected chi connectivity index (χ4v) is 3.89. The first-order valence-electron chi connectivity index (χ1n) is 8.68. The average Bonchev–Trinajstić information content (AvgIpc) is 2.73. The van der Waals surface area contributed by atoms with E-state index < -0.39 is 20.2 Å². The molecule has 0 N–H and O–H groups in total. The number of nitrogens with zero attached hydrogens (tertiary/aromatic N) is 4. The van der Waals surface area contributed by atoms with Crippen molar-refractivity contribution in [2.75, 3.05) is 11.4 Å². The van der Waals surface area contributed by atoms with Crippen molar-refractivity contribution < 1.29 is 21.6 Å². The number of aromatic nitrogens is 3. The molecule has 0 spiro atoms. The Kier molecular flexibility index (Phi) is 4.73. The van der Waals surface area contributed by atoms with E-state index in [1.54, 1.807) is 12.4 Å². The van der Waals surface area contributed by atoms with E-state index >= 15 is 0 Å². The van der Waals surface area contributed by atoms with E-state index in [2.05, 4.69) is 15.0 Å². The molecular formula is C19H15F3N4O2S. The van der Waals surface area contributed by atoms with Crippen molar-refractivity contribution in [2.24, 2.45) is 0 Å². The Hall–Kier alpha value is -3.01. The number of hydrogen-bond donors (Lipinski definition) is 0. The number of pyridine rings is 1. The van der Waals surface area contributed by atoms with Gasteiger partial charge in [-0.15, -0.1) is 0 Å². The van der Waals surface area contributed by atoms with Crippen molar-refractivity contribution in [2.45, 2.75) is 23.4 Å². The molecule has 0 radical (unpaired) electrons. The summed E-state index contributed by atoms with van der Waals surface area (Å²) in [4.78, 5) is 14.4. The van der Waals surface area contributed by atoms with Crippen molar-refractivity contribution in [1.29, 1.82) is 0 Å².